The van der Waals surface area contributed by atoms with E-state index in [2.05, 4.69) is 16.0 Å². The highest BCUT2D eigenvalue weighted by Gasteiger charge is 2.45. The maximum absolute atomic E-state index is 13.4. The molecule has 2 fully saturated rings. The van der Waals surface area contributed by atoms with Gasteiger partial charge in [-0.2, -0.15) is 5.26 Å². The van der Waals surface area contributed by atoms with Crippen LogP contribution in [0.4, 0.5) is 16.2 Å². The van der Waals surface area contributed by atoms with Gasteiger partial charge in [-0.15, -0.1) is 0 Å². The van der Waals surface area contributed by atoms with E-state index in [1.54, 1.807) is 53.6 Å². The molecule has 2 atom stereocenters. The van der Waals surface area contributed by atoms with Crippen LogP contribution in [0, 0.1) is 11.3 Å². The molecule has 5 rings (SSSR count). The third-order valence-corrected chi connectivity index (χ3v) is 7.36. The summed E-state index contributed by atoms with van der Waals surface area (Å²) in [4.78, 5) is 40.1. The Hall–Kier alpha value is -4.36. The zero-order chi connectivity index (χ0) is 27.7. The van der Waals surface area contributed by atoms with Gasteiger partial charge >= 0.3 is 12.0 Å². The maximum atomic E-state index is 13.4. The van der Waals surface area contributed by atoms with Crippen LogP contribution >= 0.6 is 11.6 Å². The molecule has 1 aromatic carbocycles. The van der Waals surface area contributed by atoms with Crippen LogP contribution in [0.5, 0.6) is 5.88 Å². The van der Waals surface area contributed by atoms with Gasteiger partial charge in [0.1, 0.15) is 6.07 Å². The lowest BCUT2D eigenvalue weighted by atomic mass is 10.0. The van der Waals surface area contributed by atoms with Gasteiger partial charge in [-0.1, -0.05) is 18.5 Å². The van der Waals surface area contributed by atoms with Crippen LogP contribution in [0.25, 0.3) is 11.3 Å². The topological polar surface area (TPSA) is 123 Å². The lowest BCUT2D eigenvalue weighted by Crippen LogP contribution is -2.57. The number of aromatic nitrogens is 2. The number of carbonyl (C=O) groups is 2. The molecule has 11 heteroatoms. The zero-order valence-electron chi connectivity index (χ0n) is 21.5. The van der Waals surface area contributed by atoms with Gasteiger partial charge in [-0.3, -0.25) is 4.90 Å². The fraction of sp³-hybridized carbons (Fsp3) is 0.321. The van der Waals surface area contributed by atoms with Crippen molar-refractivity contribution < 1.29 is 19.4 Å². The minimum absolute atomic E-state index is 0.0728. The summed E-state index contributed by atoms with van der Waals surface area (Å²) in [5, 5.41) is 20.2. The van der Waals surface area contributed by atoms with E-state index in [-0.39, 0.29) is 23.8 Å². The van der Waals surface area contributed by atoms with Crippen molar-refractivity contribution in [2.45, 2.75) is 32.4 Å². The Bertz CT molecular complexity index is 1470. The number of pyridine rings is 2. The van der Waals surface area contributed by atoms with E-state index in [4.69, 9.17) is 16.3 Å². The summed E-state index contributed by atoms with van der Waals surface area (Å²) in [7, 11) is 0. The number of carboxylic acid groups (broad SMARTS) is 1. The molecular weight excluding hydrogens is 520 g/mol. The number of rotatable bonds is 7. The van der Waals surface area contributed by atoms with E-state index in [0.29, 0.717) is 71.8 Å². The predicted molar refractivity (Wildman–Crippen MR) is 146 cm³/mol. The van der Waals surface area contributed by atoms with Gasteiger partial charge in [0.2, 0.25) is 5.88 Å². The van der Waals surface area contributed by atoms with Gasteiger partial charge in [-0.25, -0.2) is 19.6 Å². The SMILES string of the molecule is CCOc1ncccc1-c1ccc(N2C[C@H]3CN(c4ccc(Cl)cc4C#N)C(=O)N3C[C@H]2CC)c(C(=O)O)n1. The summed E-state index contributed by atoms with van der Waals surface area (Å²) in [6, 6.07) is 13.6. The molecule has 2 amide bonds. The largest absolute Gasteiger partial charge is 0.477 e. The van der Waals surface area contributed by atoms with Crippen molar-refractivity contribution in [3.63, 3.8) is 0 Å². The number of hydrogen-bond donors (Lipinski definition) is 1. The third-order valence-electron chi connectivity index (χ3n) is 7.12. The average molecular weight is 547 g/mol. The van der Waals surface area contributed by atoms with Crippen LogP contribution in [-0.4, -0.2) is 70.3 Å². The molecule has 4 heterocycles. The molecule has 200 valence electrons. The Morgan fingerprint density at radius 2 is 1.95 bits per heavy atom. The van der Waals surface area contributed by atoms with Crippen molar-refractivity contribution in [2.24, 2.45) is 0 Å². The molecule has 2 saturated heterocycles. The van der Waals surface area contributed by atoms with Crippen LogP contribution in [0.2, 0.25) is 5.02 Å². The van der Waals surface area contributed by atoms with Gasteiger partial charge < -0.3 is 19.6 Å². The molecule has 2 aromatic heterocycles. The molecular formula is C28H27ClN6O4. The Morgan fingerprint density at radius 3 is 2.67 bits per heavy atom. The van der Waals surface area contributed by atoms with E-state index in [0.717, 1.165) is 0 Å². The van der Waals surface area contributed by atoms with Crippen molar-refractivity contribution in [2.75, 3.05) is 36.0 Å². The average Bonchev–Trinajstić information content (AvgIpc) is 3.27. The fourth-order valence-corrected chi connectivity index (χ4v) is 5.46. The van der Waals surface area contributed by atoms with Crippen molar-refractivity contribution in [3.8, 4) is 23.2 Å². The van der Waals surface area contributed by atoms with Crippen molar-refractivity contribution in [3.05, 3.63) is 64.9 Å². The number of carbonyl (C=O) groups excluding carboxylic acids is 1. The fourth-order valence-electron chi connectivity index (χ4n) is 5.29. The van der Waals surface area contributed by atoms with E-state index in [9.17, 15) is 20.0 Å². The summed E-state index contributed by atoms with van der Waals surface area (Å²) < 4.78 is 5.62. The normalized spacial score (nSPS) is 18.6. The number of anilines is 2. The highest BCUT2D eigenvalue weighted by molar-refractivity contribution is 6.30. The molecule has 0 saturated carbocycles. The summed E-state index contributed by atoms with van der Waals surface area (Å²) in [6.07, 6.45) is 2.31. The molecule has 2 aliphatic rings. The lowest BCUT2D eigenvalue weighted by molar-refractivity contribution is 0.0690. The quantitative estimate of drug-likeness (QED) is 0.453. The van der Waals surface area contributed by atoms with Gasteiger partial charge in [-0.05, 0) is 55.8 Å². The number of carboxylic acids is 1. The van der Waals surface area contributed by atoms with E-state index < -0.39 is 5.97 Å². The molecule has 0 aliphatic carbocycles. The van der Waals surface area contributed by atoms with Gasteiger partial charge in [0.25, 0.3) is 0 Å². The standard InChI is InChI=1S/C28H27ClN6O4/c1-3-19-14-34-20(16-35(28(34)38)23-9-7-18(29)12-17(23)13-30)15-33(19)24-10-8-22(32-25(24)27(36)37)21-6-5-11-31-26(21)39-4-2/h5-12,19-20H,3-4,14-16H2,1-2H3,(H,36,37)/t19-,20+/m1/s1. The minimum atomic E-state index is -1.14. The molecule has 0 radical (unpaired) electrons. The smallest absolute Gasteiger partial charge is 0.356 e. The number of amides is 2. The summed E-state index contributed by atoms with van der Waals surface area (Å²) in [5.74, 6) is -0.755. The second-order valence-corrected chi connectivity index (χ2v) is 9.78. The molecule has 1 N–H and O–H groups in total. The first-order chi connectivity index (χ1) is 18.9. The predicted octanol–water partition coefficient (Wildman–Crippen LogP) is 4.67. The molecule has 10 nitrogen and oxygen atoms in total. The zero-order valence-corrected chi connectivity index (χ0v) is 22.3. The van der Waals surface area contributed by atoms with Gasteiger partial charge in [0.05, 0.1) is 40.8 Å². The Kier molecular flexibility index (Phi) is 7.26. The van der Waals surface area contributed by atoms with Crippen LogP contribution in [0.3, 0.4) is 0 Å². The molecule has 2 aliphatic heterocycles. The molecule has 3 aromatic rings. The highest BCUT2D eigenvalue weighted by Crippen LogP contribution is 2.36. The second-order valence-electron chi connectivity index (χ2n) is 9.35. The van der Waals surface area contributed by atoms with E-state index in [1.165, 1.54) is 0 Å². The molecule has 0 unspecified atom stereocenters. The first kappa shape index (κ1) is 26.3. The number of aromatic carboxylic acids is 1. The number of nitriles is 1. The van der Waals surface area contributed by atoms with Crippen LogP contribution in [-0.2, 0) is 0 Å². The van der Waals surface area contributed by atoms with Crippen LogP contribution in [0.1, 0.15) is 36.3 Å². The monoisotopic (exact) mass is 546 g/mol. The lowest BCUT2D eigenvalue weighted by Gasteiger charge is -2.44. The van der Waals surface area contributed by atoms with Crippen molar-refractivity contribution >= 4 is 35.0 Å². The number of ether oxygens (including phenoxy) is 1. The minimum Gasteiger partial charge on any atom is -0.477 e. The molecule has 0 bridgehead atoms. The Morgan fingerprint density at radius 1 is 1.15 bits per heavy atom. The summed E-state index contributed by atoms with van der Waals surface area (Å²) >= 11 is 6.06. The van der Waals surface area contributed by atoms with Gasteiger partial charge in [0.15, 0.2) is 5.69 Å². The van der Waals surface area contributed by atoms with E-state index >= 15 is 0 Å². The summed E-state index contributed by atoms with van der Waals surface area (Å²) in [5.41, 5.74) is 2.33. The number of hydrogen-bond acceptors (Lipinski definition) is 7. The van der Waals surface area contributed by atoms with E-state index in [1.807, 2.05) is 23.6 Å². The number of urea groups is 1. The number of nitrogens with zero attached hydrogens (tertiary/aromatic N) is 6. The van der Waals surface area contributed by atoms with Crippen LogP contribution in [0.15, 0.2) is 48.7 Å². The maximum Gasteiger partial charge on any atom is 0.356 e. The molecule has 0 spiro atoms. The molecule has 39 heavy (non-hydrogen) atoms. The number of halogens is 1. The highest BCUT2D eigenvalue weighted by atomic mass is 35.5. The van der Waals surface area contributed by atoms with Gasteiger partial charge in [0, 0.05) is 36.9 Å². The Balaban J connectivity index is 1.48. The first-order valence-corrected chi connectivity index (χ1v) is 13.1. The third kappa shape index (κ3) is 4.81. The number of benzene rings is 1. The second kappa shape index (κ2) is 10.8. The summed E-state index contributed by atoms with van der Waals surface area (Å²) in [6.45, 7) is 5.49. The number of piperazine rings is 1. The van der Waals surface area contributed by atoms with Crippen LogP contribution < -0.4 is 14.5 Å². The van der Waals surface area contributed by atoms with Crippen molar-refractivity contribution in [1.82, 2.24) is 14.9 Å². The first-order valence-electron chi connectivity index (χ1n) is 12.7. The Labute approximate surface area is 231 Å². The van der Waals surface area contributed by atoms with Crippen molar-refractivity contribution in [1.29, 1.82) is 5.26 Å². The number of fused-ring (bicyclic) bond motifs is 1.